The molecule has 2 aliphatic heterocycles. The van der Waals surface area contributed by atoms with Crippen LogP contribution in [0, 0.1) is 5.92 Å². The summed E-state index contributed by atoms with van der Waals surface area (Å²) >= 11 is 6.02. The predicted molar refractivity (Wildman–Crippen MR) is 133 cm³/mol. The van der Waals surface area contributed by atoms with Crippen molar-refractivity contribution in [3.05, 3.63) is 94.3 Å². The van der Waals surface area contributed by atoms with E-state index < -0.39 is 17.7 Å². The van der Waals surface area contributed by atoms with Crippen molar-refractivity contribution in [1.29, 1.82) is 0 Å². The Bertz CT molecular complexity index is 1220. The first-order chi connectivity index (χ1) is 17.3. The van der Waals surface area contributed by atoms with E-state index in [0.29, 0.717) is 36.8 Å². The summed E-state index contributed by atoms with van der Waals surface area (Å²) in [5, 5.41) is 3.68. The number of fused-ring (bicyclic) bond motifs is 3. The average Bonchev–Trinajstić information content (AvgIpc) is 2.88. The van der Waals surface area contributed by atoms with Gasteiger partial charge < -0.3 is 10.2 Å². The molecule has 0 aliphatic carbocycles. The molecule has 0 saturated carbocycles. The first-order valence-corrected chi connectivity index (χ1v) is 12.3. The van der Waals surface area contributed by atoms with Gasteiger partial charge in [0, 0.05) is 55.8 Å². The molecule has 2 unspecified atom stereocenters. The average molecular weight is 515 g/mol. The van der Waals surface area contributed by atoms with Crippen molar-refractivity contribution in [3.8, 4) is 0 Å². The number of halogens is 4. The van der Waals surface area contributed by atoms with Crippen LogP contribution in [-0.2, 0) is 30.5 Å². The zero-order valence-electron chi connectivity index (χ0n) is 19.5. The number of carbonyl (C=O) groups is 1. The molecular formula is C27H26ClF3N4O. The Morgan fingerprint density at radius 2 is 1.78 bits per heavy atom. The van der Waals surface area contributed by atoms with Gasteiger partial charge in [0.15, 0.2) is 0 Å². The van der Waals surface area contributed by atoms with Crippen LogP contribution in [0.25, 0.3) is 0 Å². The highest BCUT2D eigenvalue weighted by atomic mass is 35.5. The Labute approximate surface area is 212 Å². The largest absolute Gasteiger partial charge is 0.416 e. The monoisotopic (exact) mass is 514 g/mol. The van der Waals surface area contributed by atoms with Crippen LogP contribution in [0.2, 0.25) is 5.02 Å². The summed E-state index contributed by atoms with van der Waals surface area (Å²) in [4.78, 5) is 21.8. The Balaban J connectivity index is 1.40. The number of pyridine rings is 1. The molecule has 0 spiro atoms. The number of hydrogen-bond donors (Lipinski definition) is 1. The molecule has 2 atom stereocenters. The minimum atomic E-state index is -4.43. The number of amides is 1. The van der Waals surface area contributed by atoms with E-state index in [0.717, 1.165) is 29.4 Å². The Hall–Kier alpha value is -3.10. The quantitative estimate of drug-likeness (QED) is 0.524. The lowest BCUT2D eigenvalue weighted by Crippen LogP contribution is -2.60. The number of nitrogens with one attached hydrogen (secondary N) is 1. The number of carbonyl (C=O) groups excluding carboxylic acids is 1. The summed E-state index contributed by atoms with van der Waals surface area (Å²) in [5.74, 6) is -0.631. The van der Waals surface area contributed by atoms with Crippen molar-refractivity contribution in [3.63, 3.8) is 0 Å². The maximum absolute atomic E-state index is 13.4. The molecule has 3 heterocycles. The molecule has 5 nitrogen and oxygen atoms in total. The topological polar surface area (TPSA) is 48.5 Å². The zero-order chi connectivity index (χ0) is 25.3. The van der Waals surface area contributed by atoms with E-state index in [1.807, 2.05) is 36.4 Å². The van der Waals surface area contributed by atoms with Crippen LogP contribution in [0.3, 0.4) is 0 Å². The predicted octanol–water partition coefficient (Wildman–Crippen LogP) is 4.93. The molecule has 36 heavy (non-hydrogen) atoms. The zero-order valence-corrected chi connectivity index (χ0v) is 20.3. The van der Waals surface area contributed by atoms with Gasteiger partial charge in [-0.25, -0.2) is 0 Å². The molecule has 3 aromatic rings. The smallest absolute Gasteiger partial charge is 0.365 e. The molecule has 1 amide bonds. The molecule has 2 aromatic carbocycles. The van der Waals surface area contributed by atoms with E-state index in [-0.39, 0.29) is 18.4 Å². The SMILES string of the molecule is O=C(NCc1ccncc1)C1Cc2cc(C(F)(F)F)ccc2N2CCN(Cc3ccc(Cl)cc3)CC12. The maximum Gasteiger partial charge on any atom is 0.416 e. The minimum absolute atomic E-state index is 0.146. The molecule has 1 saturated heterocycles. The van der Waals surface area contributed by atoms with Gasteiger partial charge in [-0.3, -0.25) is 14.7 Å². The standard InChI is InChI=1S/C27H26ClF3N4O/c28-22-4-1-19(2-5-22)16-34-11-12-35-24-6-3-21(27(29,30)31)13-20(24)14-23(25(35)17-34)26(36)33-15-18-7-9-32-10-8-18/h1-10,13,23,25H,11-12,14-17H2,(H,33,36). The lowest BCUT2D eigenvalue weighted by Gasteiger charge is -2.49. The third-order valence-electron chi connectivity index (χ3n) is 7.00. The number of piperazine rings is 1. The van der Waals surface area contributed by atoms with E-state index >= 15 is 0 Å². The van der Waals surface area contributed by atoms with Crippen molar-refractivity contribution in [2.24, 2.45) is 5.92 Å². The van der Waals surface area contributed by atoms with E-state index in [2.05, 4.69) is 20.1 Å². The summed E-state index contributed by atoms with van der Waals surface area (Å²) in [6.45, 7) is 3.06. The second-order valence-electron chi connectivity index (χ2n) is 9.35. The number of aromatic nitrogens is 1. The summed E-state index contributed by atoms with van der Waals surface area (Å²) < 4.78 is 40.3. The molecule has 0 bridgehead atoms. The van der Waals surface area contributed by atoms with Gasteiger partial charge in [-0.15, -0.1) is 0 Å². The number of hydrogen-bond acceptors (Lipinski definition) is 4. The fraction of sp³-hybridized carbons (Fsp3) is 0.333. The van der Waals surface area contributed by atoms with E-state index in [1.54, 1.807) is 18.5 Å². The lowest BCUT2D eigenvalue weighted by atomic mass is 9.82. The lowest BCUT2D eigenvalue weighted by molar-refractivity contribution is -0.137. The van der Waals surface area contributed by atoms with Crippen LogP contribution in [0.5, 0.6) is 0 Å². The van der Waals surface area contributed by atoms with Crippen LogP contribution < -0.4 is 10.2 Å². The molecule has 1 aromatic heterocycles. The van der Waals surface area contributed by atoms with Crippen LogP contribution in [0.1, 0.15) is 22.3 Å². The van der Waals surface area contributed by atoms with Crippen molar-refractivity contribution in [1.82, 2.24) is 15.2 Å². The fourth-order valence-electron chi connectivity index (χ4n) is 5.17. The third-order valence-corrected chi connectivity index (χ3v) is 7.25. The molecule has 5 rings (SSSR count). The molecule has 2 aliphatic rings. The summed E-state index contributed by atoms with van der Waals surface area (Å²) in [6.07, 6.45) is -0.845. The number of benzene rings is 2. The minimum Gasteiger partial charge on any atom is -0.365 e. The summed E-state index contributed by atoms with van der Waals surface area (Å²) in [7, 11) is 0. The van der Waals surface area contributed by atoms with Gasteiger partial charge in [-0.2, -0.15) is 13.2 Å². The molecule has 9 heteroatoms. The fourth-order valence-corrected chi connectivity index (χ4v) is 5.30. The Kier molecular flexibility index (Phi) is 6.90. The van der Waals surface area contributed by atoms with Crippen molar-refractivity contribution < 1.29 is 18.0 Å². The number of nitrogens with zero attached hydrogens (tertiary/aromatic N) is 3. The highest BCUT2D eigenvalue weighted by Crippen LogP contribution is 2.40. The second-order valence-corrected chi connectivity index (χ2v) is 9.78. The normalized spacial score (nSPS) is 19.9. The highest BCUT2D eigenvalue weighted by molar-refractivity contribution is 6.30. The van der Waals surface area contributed by atoms with Crippen LogP contribution in [-0.4, -0.2) is 41.5 Å². The third kappa shape index (κ3) is 5.34. The first kappa shape index (κ1) is 24.6. The van der Waals surface area contributed by atoms with Crippen LogP contribution in [0.15, 0.2) is 67.0 Å². The number of rotatable bonds is 5. The molecule has 0 radical (unpaired) electrons. The second kappa shape index (κ2) is 10.1. The molecule has 188 valence electrons. The van der Waals surface area contributed by atoms with Crippen LogP contribution in [0.4, 0.5) is 18.9 Å². The van der Waals surface area contributed by atoms with E-state index in [1.165, 1.54) is 6.07 Å². The maximum atomic E-state index is 13.4. The molecule has 1 fully saturated rings. The first-order valence-electron chi connectivity index (χ1n) is 11.9. The highest BCUT2D eigenvalue weighted by Gasteiger charge is 2.42. The van der Waals surface area contributed by atoms with Gasteiger partial charge in [0.05, 0.1) is 17.5 Å². The van der Waals surface area contributed by atoms with Crippen LogP contribution >= 0.6 is 11.6 Å². The summed E-state index contributed by atoms with van der Waals surface area (Å²) in [6, 6.07) is 15.1. The summed E-state index contributed by atoms with van der Waals surface area (Å²) in [5.41, 5.74) is 2.71. The van der Waals surface area contributed by atoms with Gasteiger partial charge in [-0.1, -0.05) is 23.7 Å². The van der Waals surface area contributed by atoms with E-state index in [4.69, 9.17) is 11.6 Å². The Morgan fingerprint density at radius 3 is 2.50 bits per heavy atom. The molecule has 1 N–H and O–H groups in total. The van der Waals surface area contributed by atoms with Crippen molar-refractivity contribution in [2.75, 3.05) is 24.5 Å². The molecular weight excluding hydrogens is 489 g/mol. The Morgan fingerprint density at radius 1 is 1.03 bits per heavy atom. The van der Waals surface area contributed by atoms with Gasteiger partial charge in [0.2, 0.25) is 5.91 Å². The van der Waals surface area contributed by atoms with Crippen molar-refractivity contribution >= 4 is 23.2 Å². The van der Waals surface area contributed by atoms with Gasteiger partial charge >= 0.3 is 6.18 Å². The number of alkyl halides is 3. The van der Waals surface area contributed by atoms with Gasteiger partial charge in [0.25, 0.3) is 0 Å². The van der Waals surface area contributed by atoms with Gasteiger partial charge in [0.1, 0.15) is 0 Å². The van der Waals surface area contributed by atoms with Gasteiger partial charge in [-0.05, 0) is 65.6 Å². The van der Waals surface area contributed by atoms with Crippen molar-refractivity contribution in [2.45, 2.75) is 31.7 Å². The van der Waals surface area contributed by atoms with E-state index in [9.17, 15) is 18.0 Å². The number of anilines is 1.